The molecule has 139 heavy (non-hydrogen) atoms. The molecule has 0 spiro atoms. The molecule has 30 heteroatoms. The fourth-order valence-electron chi connectivity index (χ4n) is 21.9. The number of carbonyl (C=O) groups excluding carboxylic acids is 10. The van der Waals surface area contributed by atoms with Gasteiger partial charge in [0, 0.05) is 124 Å². The number of carbonyl (C=O) groups is 10. The zero-order valence-corrected chi connectivity index (χ0v) is 86.7. The predicted octanol–water partition coefficient (Wildman–Crippen LogP) is 13.6. The van der Waals surface area contributed by atoms with Crippen LogP contribution in [-0.2, 0) is 114 Å². The van der Waals surface area contributed by atoms with Crippen molar-refractivity contribution in [1.29, 1.82) is 0 Å². The van der Waals surface area contributed by atoms with Crippen LogP contribution in [0.25, 0.3) is 0 Å². The number of piperidine rings is 2. The Morgan fingerprint density at radius 3 is 1.18 bits per heavy atom. The Morgan fingerprint density at radius 1 is 0.424 bits per heavy atom. The number of esters is 2. The molecule has 10 aliphatic rings. The molecule has 31 atom stereocenters. The highest BCUT2D eigenvalue weighted by Gasteiger charge is 2.56. The number of amides is 2. The molecule has 0 aromatic carbocycles. The van der Waals surface area contributed by atoms with Gasteiger partial charge in [-0.05, 0) is 220 Å². The highest BCUT2D eigenvalue weighted by atomic mass is 16.7. The smallest absolute Gasteiger partial charge is 0.329 e. The molecule has 2 aliphatic carbocycles. The minimum absolute atomic E-state index is 0.0207. The first-order valence-electron chi connectivity index (χ1n) is 51.6. The van der Waals surface area contributed by atoms with Crippen molar-refractivity contribution in [3.8, 4) is 0 Å². The average Bonchev–Trinajstić information content (AvgIpc) is 0.938. The van der Waals surface area contributed by atoms with E-state index < -0.39 is 156 Å². The monoisotopic (exact) mass is 1950 g/mol. The Morgan fingerprint density at radius 2 is 0.820 bits per heavy atom. The summed E-state index contributed by atoms with van der Waals surface area (Å²) >= 11 is 0. The predicted molar refractivity (Wildman–Crippen MR) is 522 cm³/mol. The first-order valence-corrected chi connectivity index (χ1v) is 51.6. The minimum Gasteiger partial charge on any atom is -0.460 e. The van der Waals surface area contributed by atoms with Crippen molar-refractivity contribution in [2.75, 3.05) is 82.2 Å². The maximum absolute atomic E-state index is 14.5. The van der Waals surface area contributed by atoms with E-state index in [1.54, 1.807) is 82.1 Å². The number of Topliss-reactive ketones (excluding diaryl/α,β-unsaturated/α-hetero) is 6. The van der Waals surface area contributed by atoms with E-state index >= 15 is 0 Å². The fraction of sp³-hybridized carbons (Fsp3) is 0.761. The maximum atomic E-state index is 14.5. The van der Waals surface area contributed by atoms with Crippen LogP contribution in [0.1, 0.15) is 257 Å². The summed E-state index contributed by atoms with van der Waals surface area (Å²) in [6.45, 7) is 28.1. The topological polar surface area (TPSA) is 387 Å². The van der Waals surface area contributed by atoms with Crippen molar-refractivity contribution in [3.63, 3.8) is 0 Å². The number of fused-ring (bicyclic) bond motifs is 6. The van der Waals surface area contributed by atoms with Crippen LogP contribution < -0.4 is 0 Å². The Kier molecular flexibility index (Phi) is 46.2. The molecule has 10 rings (SSSR count). The van der Waals surface area contributed by atoms with E-state index in [0.717, 1.165) is 43.3 Å². The fourth-order valence-corrected chi connectivity index (χ4v) is 21.9. The molecule has 30 nitrogen and oxygen atoms in total. The molecule has 4 N–H and O–H groups in total. The maximum Gasteiger partial charge on any atom is 0.329 e. The summed E-state index contributed by atoms with van der Waals surface area (Å²) in [6, 6.07) is -2.26. The number of ether oxygens (including phenoxy) is 14. The van der Waals surface area contributed by atoms with Gasteiger partial charge in [-0.2, -0.15) is 0 Å². The Hall–Kier alpha value is -6.82. The number of aliphatic hydroxyl groups is 4. The van der Waals surface area contributed by atoms with Crippen LogP contribution in [0.15, 0.2) is 95.2 Å². The van der Waals surface area contributed by atoms with Gasteiger partial charge < -0.3 is 96.5 Å². The first kappa shape index (κ1) is 116. The summed E-state index contributed by atoms with van der Waals surface area (Å²) in [4.78, 5) is 145. The zero-order valence-electron chi connectivity index (χ0n) is 86.7. The van der Waals surface area contributed by atoms with E-state index in [0.29, 0.717) is 140 Å². The number of cyclic esters (lactones) is 2. The molecule has 9 unspecified atom stereocenters. The van der Waals surface area contributed by atoms with Gasteiger partial charge in [0.15, 0.2) is 11.6 Å². The summed E-state index contributed by atoms with van der Waals surface area (Å²) in [7, 11) is 9.31. The molecule has 2 amide bonds. The van der Waals surface area contributed by atoms with Crippen LogP contribution in [0, 0.1) is 71.0 Å². The Bertz CT molecular complexity index is 4290. The molecule has 2 saturated carbocycles. The number of ketones is 6. The molecule has 8 fully saturated rings. The lowest BCUT2D eigenvalue weighted by atomic mass is 9.78. The van der Waals surface area contributed by atoms with Crippen molar-refractivity contribution < 1.29 is 135 Å². The van der Waals surface area contributed by atoms with E-state index in [1.807, 2.05) is 116 Å². The van der Waals surface area contributed by atoms with Gasteiger partial charge in [0.05, 0.1) is 74.8 Å². The number of allylic oxidation sites excluding steroid dienone is 12. The van der Waals surface area contributed by atoms with E-state index in [9.17, 15) is 68.4 Å². The van der Waals surface area contributed by atoms with Crippen molar-refractivity contribution >= 4 is 58.5 Å². The van der Waals surface area contributed by atoms with Crippen molar-refractivity contribution in [3.05, 3.63) is 95.2 Å². The number of hydrogen-bond donors (Lipinski definition) is 4. The van der Waals surface area contributed by atoms with Crippen molar-refractivity contribution in [2.24, 2.45) is 71.0 Å². The van der Waals surface area contributed by atoms with Crippen molar-refractivity contribution in [1.82, 2.24) is 9.80 Å². The summed E-state index contributed by atoms with van der Waals surface area (Å²) in [5, 5.41) is 47.0. The van der Waals surface area contributed by atoms with E-state index in [2.05, 4.69) is 0 Å². The third-order valence-corrected chi connectivity index (χ3v) is 31.1. The SMILES string of the molecule is COC1CC(C[C@H](C)[C@@H]2CC(=O)[C@H](C)/C=C(\C)C(O)[C@@H](OC)C(=O)[C@H](C)C[C@H](C)/C=C/C=C/C=C(\C)[C@@H](OC)C[C@@H]3CC[C@@H](C)[C@@](O)(O3)C(=O)C(=O)N3CCCC[C@H]3C(=O)O2)CCC1OC1CCOC1.COC1CC(C[C@H](C)[C@@H]2CC(=O)[C@H](C)/C=C(\C)C(O)[C@@H](OC)C(=O)[C@H](C)C[C@H](C)/C=C/C=C/C=C(\C)[C@@H](OC)C[C@@H]3CC[C@@H](C)[C@@](O)(O3)C(=O)C(=O)N3CCCC[C@H]3C(=O)O2)CCC1OC1COC1. The molecule has 4 bridgehead atoms. The second-order valence-electron chi connectivity index (χ2n) is 42.0. The van der Waals surface area contributed by atoms with Gasteiger partial charge in [-0.25, -0.2) is 9.59 Å². The third-order valence-electron chi connectivity index (χ3n) is 31.1. The van der Waals surface area contributed by atoms with Gasteiger partial charge in [-0.3, -0.25) is 38.4 Å². The first-order chi connectivity index (χ1) is 66.1. The lowest BCUT2D eigenvalue weighted by Gasteiger charge is -2.43. The largest absolute Gasteiger partial charge is 0.460 e. The van der Waals surface area contributed by atoms with Crippen LogP contribution in [-0.4, -0.2) is 292 Å². The second-order valence-corrected chi connectivity index (χ2v) is 42.0. The number of methoxy groups -OCH3 is 6. The second kappa shape index (κ2) is 55.5. The molecule has 0 radical (unpaired) electrons. The van der Waals surface area contributed by atoms with E-state index in [4.69, 9.17) is 66.3 Å². The Labute approximate surface area is 825 Å². The highest BCUT2D eigenvalue weighted by Crippen LogP contribution is 2.43. The molecule has 8 aliphatic heterocycles. The quantitative estimate of drug-likeness (QED) is 0.0633. The van der Waals surface area contributed by atoms with E-state index in [-0.39, 0.29) is 134 Å². The summed E-state index contributed by atoms with van der Waals surface area (Å²) in [5.74, 6) is -15.6. The molecular weight excluding hydrogens is 1790 g/mol. The van der Waals surface area contributed by atoms with Gasteiger partial charge in [0.25, 0.3) is 23.4 Å². The average molecular weight is 1950 g/mol. The lowest BCUT2D eigenvalue weighted by Crippen LogP contribution is -2.61. The van der Waals surface area contributed by atoms with Crippen LogP contribution >= 0.6 is 0 Å². The van der Waals surface area contributed by atoms with Crippen LogP contribution in [0.2, 0.25) is 0 Å². The van der Waals surface area contributed by atoms with Gasteiger partial charge in [-0.1, -0.05) is 142 Å². The highest BCUT2D eigenvalue weighted by molar-refractivity contribution is 6.39. The van der Waals surface area contributed by atoms with Gasteiger partial charge >= 0.3 is 11.9 Å². The van der Waals surface area contributed by atoms with Crippen LogP contribution in [0.3, 0.4) is 0 Å². The zero-order chi connectivity index (χ0) is 102. The van der Waals surface area contributed by atoms with Crippen LogP contribution in [0.4, 0.5) is 0 Å². The van der Waals surface area contributed by atoms with Crippen molar-refractivity contribution in [2.45, 2.75) is 379 Å². The summed E-state index contributed by atoms with van der Waals surface area (Å²) in [5.41, 5.74) is 2.56. The molecular formula is C109H168N2O28. The van der Waals surface area contributed by atoms with Gasteiger partial charge in [-0.15, -0.1) is 0 Å². The molecule has 0 aromatic heterocycles. The standard InChI is InChI=1S/C55H85NO14.C54H83NO14/c1-33-16-12-11-13-17-34(2)46(64-8)30-41-21-19-39(7)55(63,70-41)52(60)53(61)56-24-15-14-18-43(56)54(62)69-47(31-44(57)35(3)27-38(6)50(59)51(66-10)49(58)37(5)26-33)36(4)28-40-20-22-45(48(29-40)65-9)68-42-23-25-67-32-42;1-32-16-12-11-13-17-33(2)45(63-8)28-40-21-19-38(7)54(62,69-40)51(59)52(60)55-23-15-14-18-42(55)53(61)68-46(35(4)26-39-20-22-44(47(27-39)64-9)67-41-30-66-31-41)29-43(56)34(3)25-37(6)49(58)50(65-10)48(57)36(5)24-32/h11-13,16-17,27,33,35-37,39-43,45-48,50-51,59,63H,14-15,18-26,28-32H2,1-10H3;11-13,16-17,25,32,34-36,38-42,44-47,49-50,58,62H,14-15,18-24,26-31H2,1-10H3/b13-11+,16-12+,34-17+,38-27+;13-11+,16-12+,33-17+,37-25+/t33-,35-,36+,37-,39-,40?,41+,42?,43+,45?,46+,47+,48?,50?,51+,55-;32-,34-,35+,36-,38-,39?,40+,42+,44?,45+,46+,47?,49?,50+,54-/m11/s1. The number of nitrogens with zero attached hydrogens (tertiary/aromatic N) is 2. The molecule has 782 valence electrons. The lowest BCUT2D eigenvalue weighted by molar-refractivity contribution is -0.265. The van der Waals surface area contributed by atoms with E-state index in [1.165, 1.54) is 24.0 Å². The van der Waals surface area contributed by atoms with Crippen LogP contribution in [0.5, 0.6) is 0 Å². The molecule has 0 aromatic rings. The number of hydrogen-bond acceptors (Lipinski definition) is 28. The van der Waals surface area contributed by atoms with Gasteiger partial charge in [0.2, 0.25) is 11.6 Å². The van der Waals surface area contributed by atoms with Gasteiger partial charge in [0.1, 0.15) is 66.4 Å². The molecule has 8 heterocycles. The molecule has 6 saturated heterocycles. The number of rotatable bonds is 16. The number of aliphatic hydroxyl groups excluding tert-OH is 2. The minimum atomic E-state index is -2.43. The normalized spacial score (nSPS) is 40.3. The summed E-state index contributed by atoms with van der Waals surface area (Å²) < 4.78 is 83.4. The summed E-state index contributed by atoms with van der Waals surface area (Å²) in [6.07, 6.45) is 26.1. The third kappa shape index (κ3) is 31.8. The Balaban J connectivity index is 0.000000311.